The molecule has 0 aromatic heterocycles. The first-order valence-corrected chi connectivity index (χ1v) is 8.88. The van der Waals surface area contributed by atoms with E-state index in [-0.39, 0.29) is 11.6 Å². The number of allylic oxidation sites excluding steroid dienone is 1. The summed E-state index contributed by atoms with van der Waals surface area (Å²) in [5.41, 5.74) is 2.73. The van der Waals surface area contributed by atoms with E-state index < -0.39 is 0 Å². The minimum atomic E-state index is -0.373. The molecule has 26 heavy (non-hydrogen) atoms. The Balaban J connectivity index is 1.52. The summed E-state index contributed by atoms with van der Waals surface area (Å²) in [6.07, 6.45) is 9.45. The predicted octanol–water partition coefficient (Wildman–Crippen LogP) is 2.59. The van der Waals surface area contributed by atoms with Crippen LogP contribution in [0.4, 0.5) is 4.39 Å². The van der Waals surface area contributed by atoms with Crippen LogP contribution in [0.2, 0.25) is 0 Å². The maximum atomic E-state index is 14.0. The highest BCUT2D eigenvalue weighted by molar-refractivity contribution is 6.00. The highest BCUT2D eigenvalue weighted by Crippen LogP contribution is 2.27. The van der Waals surface area contributed by atoms with E-state index in [2.05, 4.69) is 34.4 Å². The van der Waals surface area contributed by atoms with Crippen LogP contribution in [0.1, 0.15) is 12.0 Å². The number of halogens is 1. The second-order valence-electron chi connectivity index (χ2n) is 6.71. The fourth-order valence-corrected chi connectivity index (χ4v) is 3.52. The number of methoxy groups -OCH3 is 1. The molecule has 6 heteroatoms. The first-order chi connectivity index (χ1) is 12.7. The van der Waals surface area contributed by atoms with Crippen LogP contribution < -0.4 is 10.1 Å². The van der Waals surface area contributed by atoms with Gasteiger partial charge in [-0.3, -0.25) is 0 Å². The van der Waals surface area contributed by atoms with Crippen LogP contribution in [0.15, 0.2) is 53.3 Å². The van der Waals surface area contributed by atoms with Crippen molar-refractivity contribution in [3.8, 4) is 5.75 Å². The highest BCUT2D eigenvalue weighted by atomic mass is 19.1. The minimum absolute atomic E-state index is 0.244. The molecule has 0 bridgehead atoms. The maximum absolute atomic E-state index is 14.0. The summed E-state index contributed by atoms with van der Waals surface area (Å²) < 4.78 is 19.0. The molecule has 136 valence electrons. The average molecular weight is 354 g/mol. The third-order valence-corrected chi connectivity index (χ3v) is 5.14. The monoisotopic (exact) mass is 354 g/mol. The number of benzene rings is 1. The predicted molar refractivity (Wildman–Crippen MR) is 101 cm³/mol. The van der Waals surface area contributed by atoms with Gasteiger partial charge in [0, 0.05) is 37.9 Å². The molecule has 1 atom stereocenters. The van der Waals surface area contributed by atoms with E-state index in [4.69, 9.17) is 9.73 Å². The Morgan fingerprint density at radius 1 is 1.35 bits per heavy atom. The number of ether oxygens (including phenoxy) is 1. The third-order valence-electron chi connectivity index (χ3n) is 5.14. The fraction of sp³-hybridized carbons (Fsp3) is 0.350. The molecule has 3 heterocycles. The lowest BCUT2D eigenvalue weighted by molar-refractivity contribution is 0.325. The van der Waals surface area contributed by atoms with Crippen LogP contribution in [-0.2, 0) is 0 Å². The minimum Gasteiger partial charge on any atom is -0.494 e. The Hall–Kier alpha value is -2.60. The van der Waals surface area contributed by atoms with Gasteiger partial charge in [-0.05, 0) is 49.4 Å². The number of fused-ring (bicyclic) bond motifs is 1. The number of aliphatic imine (C=N–C) groups is 1. The lowest BCUT2D eigenvalue weighted by Gasteiger charge is -2.33. The molecule has 0 amide bonds. The fourth-order valence-electron chi connectivity index (χ4n) is 3.52. The maximum Gasteiger partial charge on any atom is 0.165 e. The van der Waals surface area contributed by atoms with Crippen LogP contribution in [0.3, 0.4) is 0 Å². The summed E-state index contributed by atoms with van der Waals surface area (Å²) in [6.45, 7) is 2.81. The number of nitrogens with one attached hydrogen (secondary N) is 1. The number of likely N-dealkylation sites (N-methyl/N-ethyl adjacent to an activating group) is 1. The van der Waals surface area contributed by atoms with Crippen LogP contribution in [0.25, 0.3) is 5.70 Å². The normalized spacial score (nSPS) is 21.7. The molecule has 0 aliphatic carbocycles. The number of hydrogen-bond donors (Lipinski definition) is 1. The van der Waals surface area contributed by atoms with Crippen molar-refractivity contribution in [3.05, 3.63) is 59.7 Å². The molecular weight excluding hydrogens is 331 g/mol. The van der Waals surface area contributed by atoms with E-state index in [1.165, 1.54) is 18.9 Å². The molecule has 0 saturated carbocycles. The third kappa shape index (κ3) is 3.12. The average Bonchev–Trinajstić information content (AvgIpc) is 3.21. The Bertz CT molecular complexity index is 821. The molecule has 4 rings (SSSR count). The Kier molecular flexibility index (Phi) is 4.51. The van der Waals surface area contributed by atoms with E-state index in [0.29, 0.717) is 12.6 Å². The van der Waals surface area contributed by atoms with Crippen molar-refractivity contribution in [2.45, 2.75) is 12.5 Å². The lowest BCUT2D eigenvalue weighted by atomic mass is 10.1. The van der Waals surface area contributed by atoms with Gasteiger partial charge >= 0.3 is 0 Å². The SMILES string of the molecule is COc1ccc(C2=CCN3C=C(N(C)[C@@H]4CCNC4)C=CC3=N2)cc1F. The molecule has 1 aromatic carbocycles. The van der Waals surface area contributed by atoms with E-state index in [0.717, 1.165) is 36.6 Å². The van der Waals surface area contributed by atoms with Crippen LogP contribution in [0, 0.1) is 5.82 Å². The summed E-state index contributed by atoms with van der Waals surface area (Å²) in [7, 11) is 3.60. The summed E-state index contributed by atoms with van der Waals surface area (Å²) >= 11 is 0. The molecule has 0 unspecified atom stereocenters. The standard InChI is InChI=1S/C20H23FN4O/c1-24(15-7-9-22-12-15)16-4-6-20-23-18(8-10-25(20)13-16)14-3-5-19(26-2)17(21)11-14/h3-6,8,11,13,15,22H,7,9-10,12H2,1-2H3/t15-/m1/s1. The van der Waals surface area contributed by atoms with Crippen molar-refractivity contribution in [3.63, 3.8) is 0 Å². The molecule has 1 fully saturated rings. The number of amidine groups is 1. The molecule has 3 aliphatic heterocycles. The molecule has 1 N–H and O–H groups in total. The molecule has 1 saturated heterocycles. The van der Waals surface area contributed by atoms with Crippen LogP contribution in [-0.4, -0.2) is 55.5 Å². The zero-order valence-electron chi connectivity index (χ0n) is 15.1. The molecule has 0 radical (unpaired) electrons. The van der Waals surface area contributed by atoms with Gasteiger partial charge in [0.05, 0.1) is 18.5 Å². The Morgan fingerprint density at radius 3 is 2.96 bits per heavy atom. The van der Waals surface area contributed by atoms with Crippen LogP contribution in [0.5, 0.6) is 5.75 Å². The summed E-state index contributed by atoms with van der Waals surface area (Å²) in [4.78, 5) is 9.14. The van der Waals surface area contributed by atoms with E-state index in [1.807, 2.05) is 18.2 Å². The van der Waals surface area contributed by atoms with Crippen molar-refractivity contribution in [1.82, 2.24) is 15.1 Å². The topological polar surface area (TPSA) is 40.1 Å². The van der Waals surface area contributed by atoms with Crippen molar-refractivity contribution >= 4 is 11.5 Å². The van der Waals surface area contributed by atoms with Crippen molar-refractivity contribution in [2.24, 2.45) is 4.99 Å². The Morgan fingerprint density at radius 2 is 2.23 bits per heavy atom. The zero-order chi connectivity index (χ0) is 18.1. The lowest BCUT2D eigenvalue weighted by Crippen LogP contribution is -2.36. The molecule has 5 nitrogen and oxygen atoms in total. The number of nitrogens with zero attached hydrogens (tertiary/aromatic N) is 3. The van der Waals surface area contributed by atoms with Gasteiger partial charge in [0.1, 0.15) is 5.84 Å². The summed E-state index contributed by atoms with van der Waals surface area (Å²) in [5.74, 6) is 0.746. The number of rotatable bonds is 4. The largest absolute Gasteiger partial charge is 0.494 e. The van der Waals surface area contributed by atoms with Crippen molar-refractivity contribution in [2.75, 3.05) is 33.8 Å². The molecule has 3 aliphatic rings. The van der Waals surface area contributed by atoms with Gasteiger partial charge in [0.15, 0.2) is 11.6 Å². The molecule has 0 spiro atoms. The Labute approximate surface area is 153 Å². The quantitative estimate of drug-likeness (QED) is 0.902. The summed E-state index contributed by atoms with van der Waals surface area (Å²) in [6, 6.07) is 5.47. The van der Waals surface area contributed by atoms with Gasteiger partial charge in [0.2, 0.25) is 0 Å². The van der Waals surface area contributed by atoms with Gasteiger partial charge < -0.3 is 19.9 Å². The molecular formula is C20H23FN4O. The van der Waals surface area contributed by atoms with Gasteiger partial charge in [-0.1, -0.05) is 0 Å². The highest BCUT2D eigenvalue weighted by Gasteiger charge is 2.23. The van der Waals surface area contributed by atoms with Crippen LogP contribution >= 0.6 is 0 Å². The van der Waals surface area contributed by atoms with Crippen molar-refractivity contribution < 1.29 is 9.13 Å². The first kappa shape index (κ1) is 16.8. The van der Waals surface area contributed by atoms with Gasteiger partial charge in [-0.25, -0.2) is 9.38 Å². The summed E-state index contributed by atoms with van der Waals surface area (Å²) in [5, 5.41) is 3.41. The van der Waals surface area contributed by atoms with E-state index in [1.54, 1.807) is 6.07 Å². The van der Waals surface area contributed by atoms with Gasteiger partial charge in [-0.2, -0.15) is 0 Å². The van der Waals surface area contributed by atoms with Crippen molar-refractivity contribution in [1.29, 1.82) is 0 Å². The second kappa shape index (κ2) is 6.96. The first-order valence-electron chi connectivity index (χ1n) is 8.88. The smallest absolute Gasteiger partial charge is 0.165 e. The van der Waals surface area contributed by atoms with E-state index in [9.17, 15) is 4.39 Å². The number of hydrogen-bond acceptors (Lipinski definition) is 5. The van der Waals surface area contributed by atoms with Gasteiger partial charge in [0.25, 0.3) is 0 Å². The van der Waals surface area contributed by atoms with Gasteiger partial charge in [-0.15, -0.1) is 0 Å². The molecule has 1 aromatic rings. The van der Waals surface area contributed by atoms with E-state index >= 15 is 0 Å². The second-order valence-corrected chi connectivity index (χ2v) is 6.71. The zero-order valence-corrected chi connectivity index (χ0v) is 15.1.